The van der Waals surface area contributed by atoms with Gasteiger partial charge in [0.25, 0.3) is 5.89 Å². The lowest BCUT2D eigenvalue weighted by Crippen LogP contribution is -2.08. The molecule has 0 amide bonds. The first-order chi connectivity index (χ1) is 14.1. The largest absolute Gasteiger partial charge is 0.484 e. The van der Waals surface area contributed by atoms with Crippen LogP contribution in [0.3, 0.4) is 0 Å². The molecule has 0 unspecified atom stereocenters. The van der Waals surface area contributed by atoms with Gasteiger partial charge in [0.05, 0.1) is 0 Å². The van der Waals surface area contributed by atoms with Crippen LogP contribution in [0.5, 0.6) is 11.5 Å². The highest BCUT2D eigenvalue weighted by Crippen LogP contribution is 2.26. The fraction of sp³-hybridized carbons (Fsp3) is 0.100. The number of benzene rings is 2. The van der Waals surface area contributed by atoms with E-state index in [0.29, 0.717) is 33.2 Å². The quantitative estimate of drug-likeness (QED) is 0.317. The summed E-state index contributed by atoms with van der Waals surface area (Å²) < 4.78 is 15.9. The van der Waals surface area contributed by atoms with Crippen molar-refractivity contribution < 1.29 is 18.8 Å². The fourth-order valence-electron chi connectivity index (χ4n) is 2.40. The van der Waals surface area contributed by atoms with Gasteiger partial charge in [-0.1, -0.05) is 28.9 Å². The molecule has 0 N–H and O–H groups in total. The Morgan fingerprint density at radius 2 is 1.79 bits per heavy atom. The van der Waals surface area contributed by atoms with Gasteiger partial charge in [0.2, 0.25) is 0 Å². The molecule has 29 heavy (non-hydrogen) atoms. The zero-order valence-electron chi connectivity index (χ0n) is 15.2. The molecule has 9 heteroatoms. The number of ether oxygens (including phenoxy) is 2. The molecule has 0 aliphatic rings. The molecule has 0 aliphatic heterocycles. The van der Waals surface area contributed by atoms with E-state index in [1.807, 2.05) is 12.1 Å². The summed E-state index contributed by atoms with van der Waals surface area (Å²) in [5.74, 6) is 1.37. The average molecular weight is 428 g/mol. The van der Waals surface area contributed by atoms with Crippen LogP contribution in [0.2, 0.25) is 5.02 Å². The lowest BCUT2D eigenvalue weighted by atomic mass is 10.2. The number of carbonyl (C=O) groups is 1. The molecular weight excluding hydrogens is 414 g/mol. The molecule has 0 aliphatic carbocycles. The van der Waals surface area contributed by atoms with Gasteiger partial charge in [0.15, 0.2) is 18.1 Å². The third-order valence-corrected chi connectivity index (χ3v) is 4.91. The Kier molecular flexibility index (Phi) is 5.55. The van der Waals surface area contributed by atoms with Crippen molar-refractivity contribution in [3.63, 3.8) is 0 Å². The first kappa shape index (κ1) is 19.1. The van der Waals surface area contributed by atoms with Crippen LogP contribution in [0.15, 0.2) is 58.4 Å². The van der Waals surface area contributed by atoms with E-state index in [1.165, 1.54) is 11.3 Å². The number of nitrogens with zero attached hydrogens (tertiary/aromatic N) is 3. The van der Waals surface area contributed by atoms with Gasteiger partial charge in [-0.3, -0.25) is 0 Å². The lowest BCUT2D eigenvalue weighted by molar-refractivity contribution is 0.0729. The number of hydrogen-bond donors (Lipinski definition) is 0. The van der Waals surface area contributed by atoms with E-state index in [9.17, 15) is 4.79 Å². The van der Waals surface area contributed by atoms with Gasteiger partial charge in [-0.2, -0.15) is 4.98 Å². The number of carbonyl (C=O) groups excluding carboxylic acids is 1. The first-order valence-corrected chi connectivity index (χ1v) is 9.78. The maximum absolute atomic E-state index is 12.4. The predicted octanol–water partition coefficient (Wildman–Crippen LogP) is 4.95. The molecule has 4 aromatic rings. The van der Waals surface area contributed by atoms with Crippen LogP contribution >= 0.6 is 22.9 Å². The molecule has 2 aromatic carbocycles. The zero-order valence-corrected chi connectivity index (χ0v) is 16.7. The minimum Gasteiger partial charge on any atom is -0.484 e. The summed E-state index contributed by atoms with van der Waals surface area (Å²) in [5.41, 5.74) is 1.13. The van der Waals surface area contributed by atoms with Crippen molar-refractivity contribution in [1.82, 2.24) is 15.1 Å². The van der Waals surface area contributed by atoms with E-state index in [2.05, 4.69) is 15.1 Å². The van der Waals surface area contributed by atoms with Crippen LogP contribution in [0, 0.1) is 6.92 Å². The molecule has 0 fully saturated rings. The Bertz CT molecular complexity index is 1120. The van der Waals surface area contributed by atoms with Crippen molar-refractivity contribution in [2.75, 3.05) is 0 Å². The standard InChI is InChI=1S/C20H14ClN3O4S/c1-12-22-18(28-24-12)10-26-15-6-8-16(9-7-15)27-20(25)17-11-29-19(23-17)13-2-4-14(21)5-3-13/h2-9,11H,10H2,1H3. The van der Waals surface area contributed by atoms with E-state index in [4.69, 9.17) is 25.6 Å². The summed E-state index contributed by atoms with van der Waals surface area (Å²) in [6.45, 7) is 1.89. The Morgan fingerprint density at radius 1 is 1.07 bits per heavy atom. The molecule has 0 saturated carbocycles. The van der Waals surface area contributed by atoms with Gasteiger partial charge in [-0.05, 0) is 43.3 Å². The minimum atomic E-state index is -0.531. The van der Waals surface area contributed by atoms with E-state index in [-0.39, 0.29) is 12.3 Å². The van der Waals surface area contributed by atoms with Crippen LogP contribution < -0.4 is 9.47 Å². The molecule has 4 rings (SSSR count). The molecule has 7 nitrogen and oxygen atoms in total. The molecule has 0 atom stereocenters. The summed E-state index contributed by atoms with van der Waals surface area (Å²) in [6.07, 6.45) is 0. The van der Waals surface area contributed by atoms with Crippen LogP contribution in [0.1, 0.15) is 22.2 Å². The third-order valence-electron chi connectivity index (χ3n) is 3.77. The third kappa shape index (κ3) is 4.79. The van der Waals surface area contributed by atoms with Crippen molar-refractivity contribution in [3.05, 3.63) is 76.3 Å². The van der Waals surface area contributed by atoms with Crippen molar-refractivity contribution in [3.8, 4) is 22.1 Å². The molecule has 146 valence electrons. The van der Waals surface area contributed by atoms with Crippen molar-refractivity contribution >= 4 is 28.9 Å². The SMILES string of the molecule is Cc1noc(COc2ccc(OC(=O)c3csc(-c4ccc(Cl)cc4)n3)cc2)n1. The minimum absolute atomic E-state index is 0.159. The topological polar surface area (TPSA) is 87.3 Å². The maximum Gasteiger partial charge on any atom is 0.363 e. The van der Waals surface area contributed by atoms with Gasteiger partial charge in [0.1, 0.15) is 16.5 Å². The molecule has 2 aromatic heterocycles. The van der Waals surface area contributed by atoms with E-state index < -0.39 is 5.97 Å². The Hall–Kier alpha value is -3.23. The second-order valence-corrected chi connectivity index (χ2v) is 7.22. The number of aromatic nitrogens is 3. The van der Waals surface area contributed by atoms with Crippen molar-refractivity contribution in [2.24, 2.45) is 0 Å². The van der Waals surface area contributed by atoms with Crippen molar-refractivity contribution in [1.29, 1.82) is 0 Å². The maximum atomic E-state index is 12.4. The van der Waals surface area contributed by atoms with Gasteiger partial charge < -0.3 is 14.0 Å². The molecule has 0 saturated heterocycles. The van der Waals surface area contributed by atoms with E-state index in [0.717, 1.165) is 5.56 Å². The first-order valence-electron chi connectivity index (χ1n) is 8.52. The predicted molar refractivity (Wildman–Crippen MR) is 107 cm³/mol. The molecular formula is C20H14ClN3O4S. The molecule has 2 heterocycles. The van der Waals surface area contributed by atoms with Gasteiger partial charge in [-0.25, -0.2) is 9.78 Å². The molecule has 0 spiro atoms. The van der Waals surface area contributed by atoms with Gasteiger partial charge >= 0.3 is 5.97 Å². The summed E-state index contributed by atoms with van der Waals surface area (Å²) in [7, 11) is 0. The van der Waals surface area contributed by atoms with E-state index in [1.54, 1.807) is 48.7 Å². The normalized spacial score (nSPS) is 10.7. The molecule has 0 bridgehead atoms. The van der Waals surface area contributed by atoms with Crippen LogP contribution in [-0.2, 0) is 6.61 Å². The van der Waals surface area contributed by atoms with Crippen LogP contribution in [0.4, 0.5) is 0 Å². The Morgan fingerprint density at radius 3 is 2.48 bits per heavy atom. The summed E-state index contributed by atoms with van der Waals surface area (Å²) >= 11 is 7.26. The number of hydrogen-bond acceptors (Lipinski definition) is 8. The number of aryl methyl sites for hydroxylation is 1. The average Bonchev–Trinajstić information content (AvgIpc) is 3.37. The Balaban J connectivity index is 1.36. The van der Waals surface area contributed by atoms with Gasteiger partial charge in [-0.15, -0.1) is 11.3 Å². The monoisotopic (exact) mass is 427 g/mol. The summed E-state index contributed by atoms with van der Waals surface area (Å²) in [6, 6.07) is 13.9. The second-order valence-electron chi connectivity index (χ2n) is 5.93. The highest BCUT2D eigenvalue weighted by Gasteiger charge is 2.14. The summed E-state index contributed by atoms with van der Waals surface area (Å²) in [4.78, 5) is 20.8. The summed E-state index contributed by atoms with van der Waals surface area (Å²) in [5, 5.41) is 6.72. The number of halogens is 1. The Labute approximate surface area is 174 Å². The highest BCUT2D eigenvalue weighted by molar-refractivity contribution is 7.13. The smallest absolute Gasteiger partial charge is 0.363 e. The highest BCUT2D eigenvalue weighted by atomic mass is 35.5. The molecule has 0 radical (unpaired) electrons. The second kappa shape index (κ2) is 8.42. The van der Waals surface area contributed by atoms with Crippen LogP contribution in [-0.4, -0.2) is 21.1 Å². The number of esters is 1. The van der Waals surface area contributed by atoms with Gasteiger partial charge in [0, 0.05) is 16.0 Å². The zero-order chi connectivity index (χ0) is 20.2. The van der Waals surface area contributed by atoms with Crippen molar-refractivity contribution in [2.45, 2.75) is 13.5 Å². The van der Waals surface area contributed by atoms with E-state index >= 15 is 0 Å². The lowest BCUT2D eigenvalue weighted by Gasteiger charge is -2.05. The number of thiazole rings is 1. The number of rotatable bonds is 6. The van der Waals surface area contributed by atoms with Crippen LogP contribution in [0.25, 0.3) is 10.6 Å². The fourth-order valence-corrected chi connectivity index (χ4v) is 3.32.